The number of carbonyl (C=O) groups is 2. The number of aliphatic hydroxyl groups excluding tert-OH is 1. The van der Waals surface area contributed by atoms with E-state index in [4.69, 9.17) is 16.3 Å². The van der Waals surface area contributed by atoms with E-state index in [9.17, 15) is 14.7 Å². The van der Waals surface area contributed by atoms with Gasteiger partial charge >= 0.3 is 6.03 Å². The first-order valence-corrected chi connectivity index (χ1v) is 9.73. The van der Waals surface area contributed by atoms with Gasteiger partial charge in [0.2, 0.25) is 5.91 Å². The van der Waals surface area contributed by atoms with Crippen molar-refractivity contribution in [2.75, 3.05) is 32.1 Å². The largest absolute Gasteiger partial charge is 0.497 e. The highest BCUT2D eigenvalue weighted by molar-refractivity contribution is 6.30. The lowest BCUT2D eigenvalue weighted by atomic mass is 9.84. The highest BCUT2D eigenvalue weighted by Gasteiger charge is 2.35. The molecule has 0 aromatic heterocycles. The quantitative estimate of drug-likeness (QED) is 0.674. The van der Waals surface area contributed by atoms with Crippen LogP contribution < -0.4 is 15.4 Å². The highest BCUT2D eigenvalue weighted by atomic mass is 35.5. The number of likely N-dealkylation sites (tertiary alicyclic amines) is 1. The predicted octanol–water partition coefficient (Wildman–Crippen LogP) is 2.85. The number of ether oxygens (including phenoxy) is 1. The molecule has 2 atom stereocenters. The molecule has 0 saturated carbocycles. The summed E-state index contributed by atoms with van der Waals surface area (Å²) in [6.45, 7) is 0.442. The zero-order chi connectivity index (χ0) is 20.8. The Morgan fingerprint density at radius 1 is 1.21 bits per heavy atom. The Labute approximate surface area is 174 Å². The number of piperidine rings is 1. The van der Waals surface area contributed by atoms with Gasteiger partial charge in [-0.3, -0.25) is 4.79 Å². The second-order valence-corrected chi connectivity index (χ2v) is 7.30. The molecule has 3 rings (SSSR count). The summed E-state index contributed by atoms with van der Waals surface area (Å²) in [5, 5.41) is 15.6. The van der Waals surface area contributed by atoms with Gasteiger partial charge in [0.15, 0.2) is 0 Å². The Hall–Kier alpha value is -2.77. The number of hydrogen-bond acceptors (Lipinski definition) is 4. The summed E-state index contributed by atoms with van der Waals surface area (Å²) in [5.41, 5.74) is 1.56. The summed E-state index contributed by atoms with van der Waals surface area (Å²) in [5.74, 6) is 0.498. The van der Waals surface area contributed by atoms with E-state index >= 15 is 0 Å². The number of benzene rings is 2. The summed E-state index contributed by atoms with van der Waals surface area (Å²) in [6, 6.07) is 13.6. The van der Waals surface area contributed by atoms with Gasteiger partial charge in [0.05, 0.1) is 19.8 Å². The van der Waals surface area contributed by atoms with Crippen molar-refractivity contribution in [1.82, 2.24) is 10.2 Å². The van der Waals surface area contributed by atoms with Crippen molar-refractivity contribution in [2.24, 2.45) is 0 Å². The lowest BCUT2D eigenvalue weighted by Gasteiger charge is -2.38. The number of carbonyl (C=O) groups excluding carboxylic acids is 2. The molecule has 7 nitrogen and oxygen atoms in total. The number of halogens is 1. The second-order valence-electron chi connectivity index (χ2n) is 6.86. The van der Waals surface area contributed by atoms with Crippen molar-refractivity contribution in [3.8, 4) is 5.75 Å². The van der Waals surface area contributed by atoms with Gasteiger partial charge in [0.1, 0.15) is 5.75 Å². The van der Waals surface area contributed by atoms with E-state index in [0.717, 1.165) is 11.3 Å². The average Bonchev–Trinajstić information content (AvgIpc) is 2.72. The molecule has 8 heteroatoms. The molecule has 2 aromatic carbocycles. The Kier molecular flexibility index (Phi) is 6.95. The first-order valence-electron chi connectivity index (χ1n) is 9.36. The molecule has 1 heterocycles. The zero-order valence-electron chi connectivity index (χ0n) is 16.1. The van der Waals surface area contributed by atoms with Gasteiger partial charge < -0.3 is 25.4 Å². The lowest BCUT2D eigenvalue weighted by molar-refractivity contribution is -0.135. The van der Waals surface area contributed by atoms with Crippen molar-refractivity contribution in [3.63, 3.8) is 0 Å². The Morgan fingerprint density at radius 3 is 2.52 bits per heavy atom. The molecular formula is C21H24ClN3O4. The van der Waals surface area contributed by atoms with Crippen molar-refractivity contribution < 1.29 is 19.4 Å². The number of rotatable bonds is 6. The van der Waals surface area contributed by atoms with E-state index in [2.05, 4.69) is 10.6 Å². The number of nitrogens with zero attached hydrogens (tertiary/aromatic N) is 1. The highest BCUT2D eigenvalue weighted by Crippen LogP contribution is 2.30. The van der Waals surface area contributed by atoms with E-state index in [1.807, 2.05) is 24.3 Å². The van der Waals surface area contributed by atoms with E-state index in [0.29, 0.717) is 17.3 Å². The fourth-order valence-corrected chi connectivity index (χ4v) is 3.60. The molecule has 29 heavy (non-hydrogen) atoms. The molecule has 2 unspecified atom stereocenters. The Balaban J connectivity index is 1.76. The molecule has 2 aromatic rings. The van der Waals surface area contributed by atoms with E-state index < -0.39 is 0 Å². The van der Waals surface area contributed by atoms with Crippen molar-refractivity contribution >= 4 is 29.2 Å². The third kappa shape index (κ3) is 5.40. The maximum atomic E-state index is 12.6. The number of urea groups is 1. The minimum atomic E-state index is -0.367. The van der Waals surface area contributed by atoms with Gasteiger partial charge in [0.25, 0.3) is 0 Å². The third-order valence-electron chi connectivity index (χ3n) is 4.98. The number of amides is 3. The monoisotopic (exact) mass is 417 g/mol. The molecule has 3 amide bonds. The predicted molar refractivity (Wildman–Crippen MR) is 111 cm³/mol. The van der Waals surface area contributed by atoms with Gasteiger partial charge in [-0.25, -0.2) is 4.79 Å². The fourth-order valence-electron chi connectivity index (χ4n) is 3.48. The minimum absolute atomic E-state index is 0.0453. The molecule has 1 aliphatic rings. The van der Waals surface area contributed by atoms with Crippen LogP contribution in [-0.2, 0) is 4.79 Å². The number of aliphatic hydroxyl groups is 1. The lowest BCUT2D eigenvalue weighted by Crippen LogP contribution is -2.55. The van der Waals surface area contributed by atoms with Crippen molar-refractivity contribution in [2.45, 2.75) is 18.4 Å². The summed E-state index contributed by atoms with van der Waals surface area (Å²) in [7, 11) is 1.59. The Morgan fingerprint density at radius 2 is 1.90 bits per heavy atom. The molecule has 0 radical (unpaired) electrons. The molecular weight excluding hydrogens is 394 g/mol. The topological polar surface area (TPSA) is 90.9 Å². The van der Waals surface area contributed by atoms with Crippen LogP contribution in [-0.4, -0.2) is 54.8 Å². The molecule has 0 bridgehead atoms. The maximum Gasteiger partial charge on any atom is 0.319 e. The van der Waals surface area contributed by atoms with Gasteiger partial charge in [0, 0.05) is 36.1 Å². The van der Waals surface area contributed by atoms with Crippen LogP contribution in [0.5, 0.6) is 5.75 Å². The second kappa shape index (κ2) is 9.62. The molecule has 0 aliphatic carbocycles. The van der Waals surface area contributed by atoms with Crippen LogP contribution in [0.25, 0.3) is 0 Å². The van der Waals surface area contributed by atoms with Gasteiger partial charge in [-0.05, 0) is 42.0 Å². The van der Waals surface area contributed by atoms with Crippen LogP contribution in [0, 0.1) is 0 Å². The molecule has 0 spiro atoms. The van der Waals surface area contributed by atoms with Crippen LogP contribution in [0.1, 0.15) is 17.9 Å². The number of hydrogen-bond donors (Lipinski definition) is 3. The average molecular weight is 418 g/mol. The van der Waals surface area contributed by atoms with E-state index in [-0.39, 0.29) is 43.5 Å². The molecule has 1 aliphatic heterocycles. The smallest absolute Gasteiger partial charge is 0.319 e. The van der Waals surface area contributed by atoms with Crippen molar-refractivity contribution in [3.05, 3.63) is 59.1 Å². The molecule has 3 N–H and O–H groups in total. The molecule has 1 fully saturated rings. The van der Waals surface area contributed by atoms with Crippen LogP contribution in [0.2, 0.25) is 5.02 Å². The van der Waals surface area contributed by atoms with Crippen LogP contribution in [0.3, 0.4) is 0 Å². The van der Waals surface area contributed by atoms with E-state index in [1.54, 1.807) is 36.3 Å². The van der Waals surface area contributed by atoms with Gasteiger partial charge in [-0.15, -0.1) is 0 Å². The number of methoxy groups -OCH3 is 1. The Bertz CT molecular complexity index is 842. The SMILES string of the molecule is COc1ccc(C2CC(=O)N(CCO)CC2NC(=O)Nc2ccc(Cl)cc2)cc1. The summed E-state index contributed by atoms with van der Waals surface area (Å²) in [6.07, 6.45) is 0.248. The summed E-state index contributed by atoms with van der Waals surface area (Å²) in [4.78, 5) is 26.6. The number of β-amino-alcohol motifs (C(OH)–C–C–N with tert-alkyl or cyclic N) is 1. The minimum Gasteiger partial charge on any atom is -0.497 e. The molecule has 1 saturated heterocycles. The normalized spacial score (nSPS) is 19.0. The van der Waals surface area contributed by atoms with Gasteiger partial charge in [-0.2, -0.15) is 0 Å². The first-order chi connectivity index (χ1) is 14.0. The van der Waals surface area contributed by atoms with E-state index in [1.165, 1.54) is 0 Å². The fraction of sp³-hybridized carbons (Fsp3) is 0.333. The standard InChI is InChI=1S/C21H24ClN3O4/c1-29-17-8-2-14(3-9-17)18-12-20(27)25(10-11-26)13-19(18)24-21(28)23-16-6-4-15(22)5-7-16/h2-9,18-19,26H,10-13H2,1H3,(H2,23,24,28). The van der Waals surface area contributed by atoms with Gasteiger partial charge in [-0.1, -0.05) is 23.7 Å². The first kappa shape index (κ1) is 21.0. The number of anilines is 1. The third-order valence-corrected chi connectivity index (χ3v) is 5.23. The van der Waals surface area contributed by atoms with Crippen LogP contribution >= 0.6 is 11.6 Å². The summed E-state index contributed by atoms with van der Waals surface area (Å²) < 4.78 is 5.20. The molecule has 154 valence electrons. The summed E-state index contributed by atoms with van der Waals surface area (Å²) >= 11 is 5.88. The van der Waals surface area contributed by atoms with Crippen LogP contribution in [0.4, 0.5) is 10.5 Å². The van der Waals surface area contributed by atoms with Crippen LogP contribution in [0.15, 0.2) is 48.5 Å². The zero-order valence-corrected chi connectivity index (χ0v) is 16.9. The van der Waals surface area contributed by atoms with Crippen molar-refractivity contribution in [1.29, 1.82) is 0 Å². The maximum absolute atomic E-state index is 12.6. The number of nitrogens with one attached hydrogen (secondary N) is 2.